The second-order valence-corrected chi connectivity index (χ2v) is 12.5. The number of aromatic nitrogens is 4. The molecule has 210 valence electrons. The number of hydrogen-bond acceptors (Lipinski definition) is 8. The number of sulfonamides is 1. The van der Waals surface area contributed by atoms with Crippen molar-refractivity contribution in [2.45, 2.75) is 50.6 Å². The van der Waals surface area contributed by atoms with E-state index in [-0.39, 0.29) is 23.3 Å². The van der Waals surface area contributed by atoms with Crippen LogP contribution in [0.25, 0.3) is 11.2 Å². The molecule has 1 saturated heterocycles. The Morgan fingerprint density at radius 1 is 1.10 bits per heavy atom. The minimum absolute atomic E-state index is 0.190. The highest BCUT2D eigenvalue weighted by Crippen LogP contribution is 2.30. The predicted octanol–water partition coefficient (Wildman–Crippen LogP) is 3.21. The fraction of sp³-hybridized carbons (Fsp3) is 0.538. The maximum Gasteiger partial charge on any atom is 0.407 e. The van der Waals surface area contributed by atoms with Gasteiger partial charge in [-0.05, 0) is 67.8 Å². The second kappa shape index (κ2) is 12.2. The number of ether oxygens (including phenoxy) is 1. The first-order valence-corrected chi connectivity index (χ1v) is 15.2. The van der Waals surface area contributed by atoms with Crippen molar-refractivity contribution >= 4 is 38.9 Å². The Labute approximate surface area is 233 Å². The van der Waals surface area contributed by atoms with E-state index in [1.54, 1.807) is 34.9 Å². The summed E-state index contributed by atoms with van der Waals surface area (Å²) in [7, 11) is -3.52. The van der Waals surface area contributed by atoms with Crippen molar-refractivity contribution in [2.75, 3.05) is 39.3 Å². The summed E-state index contributed by atoms with van der Waals surface area (Å²) in [5.74, 6) is 0.807. The lowest BCUT2D eigenvalue weighted by molar-refractivity contribution is 0.143. The molecule has 1 aromatic carbocycles. The van der Waals surface area contributed by atoms with Crippen LogP contribution >= 0.6 is 11.6 Å². The molecule has 39 heavy (non-hydrogen) atoms. The summed E-state index contributed by atoms with van der Waals surface area (Å²) < 4.78 is 34.9. The number of nitrogens with one attached hydrogen (secondary N) is 1. The van der Waals surface area contributed by atoms with Gasteiger partial charge in [0.05, 0.1) is 23.5 Å². The van der Waals surface area contributed by atoms with Crippen molar-refractivity contribution in [1.82, 2.24) is 34.0 Å². The molecule has 1 N–H and O–H groups in total. The lowest BCUT2D eigenvalue weighted by Gasteiger charge is -2.34. The Hall–Kier alpha value is -2.80. The third-order valence-electron chi connectivity index (χ3n) is 7.18. The first kappa shape index (κ1) is 27.8. The van der Waals surface area contributed by atoms with E-state index < -0.39 is 16.1 Å². The minimum Gasteiger partial charge on any atom is -0.450 e. The fourth-order valence-electron chi connectivity index (χ4n) is 4.74. The first-order valence-electron chi connectivity index (χ1n) is 13.4. The zero-order valence-electron chi connectivity index (χ0n) is 22.1. The molecule has 1 aliphatic heterocycles. The van der Waals surface area contributed by atoms with Gasteiger partial charge in [-0.25, -0.2) is 23.2 Å². The number of nitrogens with zero attached hydrogens (tertiary/aromatic N) is 6. The number of aryl methyl sites for hydroxylation is 2. The van der Waals surface area contributed by atoms with Gasteiger partial charge in [-0.15, -0.1) is 0 Å². The largest absolute Gasteiger partial charge is 0.450 e. The highest BCUT2D eigenvalue weighted by molar-refractivity contribution is 7.89. The second-order valence-electron chi connectivity index (χ2n) is 10.2. The van der Waals surface area contributed by atoms with E-state index >= 15 is 0 Å². The molecule has 0 unspecified atom stereocenters. The van der Waals surface area contributed by atoms with Crippen LogP contribution in [0.5, 0.6) is 0 Å². The maximum absolute atomic E-state index is 13.0. The van der Waals surface area contributed by atoms with Crippen LogP contribution in [0, 0.1) is 12.8 Å². The Balaban J connectivity index is 1.01. The summed E-state index contributed by atoms with van der Waals surface area (Å²) in [6.45, 7) is 6.73. The van der Waals surface area contributed by atoms with Gasteiger partial charge in [0.2, 0.25) is 15.3 Å². The van der Waals surface area contributed by atoms with Crippen LogP contribution in [0.2, 0.25) is 5.28 Å². The SMILES string of the molecule is Cc1nc(Cl)nc2c1ncn2CCCCOC(=O)NCc1ccc(S(=O)(=O)N2CCN(CC3CC3)CC2)cc1. The van der Waals surface area contributed by atoms with E-state index in [9.17, 15) is 13.2 Å². The monoisotopic (exact) mass is 575 g/mol. The van der Waals surface area contributed by atoms with E-state index in [4.69, 9.17) is 16.3 Å². The van der Waals surface area contributed by atoms with Gasteiger partial charge in [0.1, 0.15) is 5.52 Å². The van der Waals surface area contributed by atoms with Gasteiger partial charge in [0.15, 0.2) is 5.65 Å². The van der Waals surface area contributed by atoms with E-state index in [0.29, 0.717) is 31.7 Å². The number of hydrogen-bond donors (Lipinski definition) is 1. The number of carbonyl (C=O) groups excluding carboxylic acids is 1. The van der Waals surface area contributed by atoms with Crippen LogP contribution in [0.4, 0.5) is 4.79 Å². The molecule has 3 aromatic rings. The number of fused-ring (bicyclic) bond motifs is 1. The Morgan fingerprint density at radius 2 is 1.85 bits per heavy atom. The molecule has 13 heteroatoms. The third kappa shape index (κ3) is 7.05. The molecule has 1 amide bonds. The molecule has 2 fully saturated rings. The average Bonchev–Trinajstić information content (AvgIpc) is 3.65. The highest BCUT2D eigenvalue weighted by Gasteiger charge is 2.31. The van der Waals surface area contributed by atoms with Crippen LogP contribution in [-0.4, -0.2) is 82.6 Å². The van der Waals surface area contributed by atoms with Crippen molar-refractivity contribution in [3.05, 3.63) is 47.1 Å². The Morgan fingerprint density at radius 3 is 2.56 bits per heavy atom. The third-order valence-corrected chi connectivity index (χ3v) is 9.26. The van der Waals surface area contributed by atoms with E-state index in [2.05, 4.69) is 25.2 Å². The zero-order valence-corrected chi connectivity index (χ0v) is 23.6. The number of benzene rings is 1. The Kier molecular flexibility index (Phi) is 8.65. The first-order chi connectivity index (χ1) is 18.8. The molecule has 0 atom stereocenters. The number of alkyl carbamates (subject to hydrolysis) is 1. The van der Waals surface area contributed by atoms with Crippen molar-refractivity contribution in [2.24, 2.45) is 5.92 Å². The smallest absolute Gasteiger partial charge is 0.407 e. The summed E-state index contributed by atoms with van der Waals surface area (Å²) in [6, 6.07) is 6.66. The van der Waals surface area contributed by atoms with E-state index in [1.165, 1.54) is 12.8 Å². The summed E-state index contributed by atoms with van der Waals surface area (Å²) in [4.78, 5) is 27.5. The number of imidazole rings is 1. The van der Waals surface area contributed by atoms with Gasteiger partial charge in [-0.1, -0.05) is 12.1 Å². The van der Waals surface area contributed by atoms with Crippen LogP contribution < -0.4 is 5.32 Å². The van der Waals surface area contributed by atoms with Crippen molar-refractivity contribution < 1.29 is 17.9 Å². The molecule has 0 spiro atoms. The molecule has 1 aliphatic carbocycles. The standard InChI is InChI=1S/C26H34ClN7O4S/c1-19-23-24(31-25(27)30-19)33(18-29-23)10-2-3-15-38-26(35)28-16-20-6-8-22(9-7-20)39(36,37)34-13-11-32(12-14-34)17-21-4-5-21/h6-9,18,21H,2-5,10-17H2,1H3,(H,28,35). The van der Waals surface area contributed by atoms with Crippen LogP contribution in [0.15, 0.2) is 35.5 Å². The molecule has 0 bridgehead atoms. The van der Waals surface area contributed by atoms with Gasteiger partial charge in [0.25, 0.3) is 0 Å². The average molecular weight is 576 g/mol. The Bertz CT molecular complexity index is 1400. The number of piperazine rings is 1. The predicted molar refractivity (Wildman–Crippen MR) is 147 cm³/mol. The molecular formula is C26H34ClN7O4S. The molecule has 2 aliphatic rings. The summed E-state index contributed by atoms with van der Waals surface area (Å²) in [5, 5.41) is 2.90. The van der Waals surface area contributed by atoms with Crippen molar-refractivity contribution in [3.8, 4) is 0 Å². The molecule has 11 nitrogen and oxygen atoms in total. The molecule has 0 radical (unpaired) electrons. The summed E-state index contributed by atoms with van der Waals surface area (Å²) in [5.41, 5.74) is 2.94. The molecule has 1 saturated carbocycles. The quantitative estimate of drug-likeness (QED) is 0.273. The zero-order chi connectivity index (χ0) is 27.4. The van der Waals surface area contributed by atoms with Gasteiger partial charge < -0.3 is 19.5 Å². The number of rotatable bonds is 11. The fourth-order valence-corrected chi connectivity index (χ4v) is 6.37. The van der Waals surface area contributed by atoms with Crippen LogP contribution in [0.1, 0.15) is 36.9 Å². The van der Waals surface area contributed by atoms with Crippen molar-refractivity contribution in [1.29, 1.82) is 0 Å². The van der Waals surface area contributed by atoms with E-state index in [1.807, 2.05) is 11.5 Å². The minimum atomic E-state index is -3.52. The summed E-state index contributed by atoms with van der Waals surface area (Å²) in [6.07, 6.45) is 5.24. The molecule has 5 rings (SSSR count). The normalized spacial score (nSPS) is 17.0. The number of amides is 1. The molecular weight excluding hydrogens is 542 g/mol. The van der Waals surface area contributed by atoms with Crippen LogP contribution in [0.3, 0.4) is 0 Å². The molecule has 2 aromatic heterocycles. The maximum atomic E-state index is 13.0. The van der Waals surface area contributed by atoms with Gasteiger partial charge in [-0.3, -0.25) is 0 Å². The number of halogens is 1. The van der Waals surface area contributed by atoms with Crippen molar-refractivity contribution in [3.63, 3.8) is 0 Å². The van der Waals surface area contributed by atoms with Gasteiger partial charge >= 0.3 is 6.09 Å². The molecule has 3 heterocycles. The number of carbonyl (C=O) groups is 1. The van der Waals surface area contributed by atoms with Crippen LogP contribution in [-0.2, 0) is 27.8 Å². The number of unbranched alkanes of at least 4 members (excludes halogenated alkanes) is 1. The summed E-state index contributed by atoms with van der Waals surface area (Å²) >= 11 is 5.97. The topological polar surface area (TPSA) is 123 Å². The van der Waals surface area contributed by atoms with Gasteiger partial charge in [0, 0.05) is 45.8 Å². The van der Waals surface area contributed by atoms with Gasteiger partial charge in [-0.2, -0.15) is 9.29 Å². The van der Waals surface area contributed by atoms with E-state index in [0.717, 1.165) is 48.7 Å². The lowest BCUT2D eigenvalue weighted by Crippen LogP contribution is -2.49. The highest BCUT2D eigenvalue weighted by atomic mass is 35.5. The lowest BCUT2D eigenvalue weighted by atomic mass is 10.2.